The summed E-state index contributed by atoms with van der Waals surface area (Å²) in [5.74, 6) is 0.671. The zero-order valence-electron chi connectivity index (χ0n) is 10.6. The fourth-order valence-electron chi connectivity index (χ4n) is 2.06. The third-order valence-corrected chi connectivity index (χ3v) is 4.49. The minimum Gasteiger partial charge on any atom is -0.0921 e. The van der Waals surface area contributed by atoms with Crippen LogP contribution in [-0.4, -0.2) is 5.33 Å². The SMILES string of the molecule is CCCCCCCC(CBr)c1ccc(Br)cc1. The molecule has 0 N–H and O–H groups in total. The fourth-order valence-corrected chi connectivity index (χ4v) is 3.02. The molecule has 2 heteroatoms. The van der Waals surface area contributed by atoms with E-state index in [-0.39, 0.29) is 0 Å². The van der Waals surface area contributed by atoms with Crippen molar-refractivity contribution in [1.82, 2.24) is 0 Å². The quantitative estimate of drug-likeness (QED) is 0.377. The molecule has 0 heterocycles. The zero-order chi connectivity index (χ0) is 12.5. The van der Waals surface area contributed by atoms with Gasteiger partial charge in [0.1, 0.15) is 0 Å². The van der Waals surface area contributed by atoms with Gasteiger partial charge >= 0.3 is 0 Å². The zero-order valence-corrected chi connectivity index (χ0v) is 13.8. The van der Waals surface area contributed by atoms with Gasteiger partial charge in [-0.1, -0.05) is 83.0 Å². The Balaban J connectivity index is 2.35. The lowest BCUT2D eigenvalue weighted by Crippen LogP contribution is -2.00. The molecule has 0 aliphatic heterocycles. The van der Waals surface area contributed by atoms with E-state index in [1.165, 1.54) is 44.1 Å². The molecule has 1 rings (SSSR count). The maximum atomic E-state index is 3.64. The minimum atomic E-state index is 0.671. The molecule has 1 unspecified atom stereocenters. The first-order chi connectivity index (χ1) is 8.27. The predicted octanol–water partition coefficient (Wildman–Crippen LogP) is 6.29. The lowest BCUT2D eigenvalue weighted by Gasteiger charge is -2.14. The molecule has 0 saturated heterocycles. The summed E-state index contributed by atoms with van der Waals surface area (Å²) in [4.78, 5) is 0. The number of rotatable bonds is 8. The van der Waals surface area contributed by atoms with Crippen LogP contribution in [0.5, 0.6) is 0 Å². The topological polar surface area (TPSA) is 0 Å². The van der Waals surface area contributed by atoms with Crippen molar-refractivity contribution in [1.29, 1.82) is 0 Å². The average Bonchev–Trinajstić information content (AvgIpc) is 2.35. The summed E-state index contributed by atoms with van der Waals surface area (Å²) >= 11 is 7.13. The standard InChI is InChI=1S/C15H22Br2/c1-2-3-4-5-6-7-14(12-16)13-8-10-15(17)11-9-13/h8-11,14H,2-7,12H2,1H3. The minimum absolute atomic E-state index is 0.671. The number of unbranched alkanes of at least 4 members (excludes halogenated alkanes) is 4. The van der Waals surface area contributed by atoms with Crippen LogP contribution in [0.4, 0.5) is 0 Å². The van der Waals surface area contributed by atoms with Crippen molar-refractivity contribution in [3.05, 3.63) is 34.3 Å². The molecule has 0 spiro atoms. The third kappa shape index (κ3) is 6.05. The van der Waals surface area contributed by atoms with Crippen LogP contribution in [0.3, 0.4) is 0 Å². The second kappa shape index (κ2) is 9.16. The summed E-state index contributed by atoms with van der Waals surface area (Å²) in [7, 11) is 0. The molecule has 0 aliphatic carbocycles. The van der Waals surface area contributed by atoms with Crippen molar-refractivity contribution in [2.75, 3.05) is 5.33 Å². The maximum absolute atomic E-state index is 3.64. The molecule has 0 aromatic heterocycles. The first-order valence-corrected chi connectivity index (χ1v) is 8.50. The lowest BCUT2D eigenvalue weighted by atomic mass is 9.95. The molecule has 0 aliphatic rings. The molecule has 0 amide bonds. The third-order valence-electron chi connectivity index (χ3n) is 3.18. The summed E-state index contributed by atoms with van der Waals surface area (Å²) < 4.78 is 1.16. The molecule has 96 valence electrons. The van der Waals surface area contributed by atoms with Crippen LogP contribution in [0, 0.1) is 0 Å². The van der Waals surface area contributed by atoms with Crippen LogP contribution >= 0.6 is 31.9 Å². The van der Waals surface area contributed by atoms with Gasteiger partial charge in [0, 0.05) is 9.80 Å². The number of halogens is 2. The van der Waals surface area contributed by atoms with Gasteiger partial charge in [-0.15, -0.1) is 0 Å². The van der Waals surface area contributed by atoms with Gasteiger partial charge in [0.15, 0.2) is 0 Å². The van der Waals surface area contributed by atoms with Crippen molar-refractivity contribution in [3.8, 4) is 0 Å². The van der Waals surface area contributed by atoms with Crippen molar-refractivity contribution < 1.29 is 0 Å². The first kappa shape index (κ1) is 15.2. The Morgan fingerprint density at radius 1 is 1.00 bits per heavy atom. The van der Waals surface area contributed by atoms with Gasteiger partial charge in [-0.3, -0.25) is 0 Å². The van der Waals surface area contributed by atoms with E-state index >= 15 is 0 Å². The highest BCUT2D eigenvalue weighted by Crippen LogP contribution is 2.26. The second-order valence-corrected chi connectivity index (χ2v) is 6.17. The van der Waals surface area contributed by atoms with Crippen molar-refractivity contribution >= 4 is 31.9 Å². The summed E-state index contributed by atoms with van der Waals surface area (Å²) in [6.07, 6.45) is 8.15. The van der Waals surface area contributed by atoms with E-state index in [2.05, 4.69) is 63.0 Å². The molecule has 0 saturated carbocycles. The highest BCUT2D eigenvalue weighted by molar-refractivity contribution is 9.10. The molecule has 1 aromatic rings. The average molecular weight is 362 g/mol. The van der Waals surface area contributed by atoms with Crippen molar-refractivity contribution in [2.24, 2.45) is 0 Å². The van der Waals surface area contributed by atoms with Gasteiger partial charge in [0.25, 0.3) is 0 Å². The molecular formula is C15H22Br2. The van der Waals surface area contributed by atoms with E-state index in [1.54, 1.807) is 0 Å². The number of hydrogen-bond acceptors (Lipinski definition) is 0. The Bertz CT molecular complexity index is 292. The summed E-state index contributed by atoms with van der Waals surface area (Å²) in [5, 5.41) is 1.07. The smallest absolute Gasteiger partial charge is 0.0175 e. The Hall–Kier alpha value is 0.180. The number of hydrogen-bond donors (Lipinski definition) is 0. The number of alkyl halides is 1. The fraction of sp³-hybridized carbons (Fsp3) is 0.600. The maximum Gasteiger partial charge on any atom is 0.0175 e. The van der Waals surface area contributed by atoms with E-state index in [0.29, 0.717) is 5.92 Å². The van der Waals surface area contributed by atoms with Crippen LogP contribution in [-0.2, 0) is 0 Å². The number of benzene rings is 1. The van der Waals surface area contributed by atoms with E-state index in [1.807, 2.05) is 0 Å². The monoisotopic (exact) mass is 360 g/mol. The second-order valence-electron chi connectivity index (χ2n) is 4.61. The van der Waals surface area contributed by atoms with Gasteiger partial charge in [-0.05, 0) is 30.0 Å². The van der Waals surface area contributed by atoms with E-state index in [9.17, 15) is 0 Å². The highest BCUT2D eigenvalue weighted by atomic mass is 79.9. The van der Waals surface area contributed by atoms with Crippen molar-refractivity contribution in [2.45, 2.75) is 51.4 Å². The van der Waals surface area contributed by atoms with Gasteiger partial charge in [0.05, 0.1) is 0 Å². The highest BCUT2D eigenvalue weighted by Gasteiger charge is 2.09. The molecule has 1 atom stereocenters. The first-order valence-electron chi connectivity index (χ1n) is 6.59. The van der Waals surface area contributed by atoms with E-state index < -0.39 is 0 Å². The summed E-state index contributed by atoms with van der Waals surface area (Å²) in [6, 6.07) is 8.76. The van der Waals surface area contributed by atoms with Crippen LogP contribution in [0.15, 0.2) is 28.7 Å². The van der Waals surface area contributed by atoms with Crippen LogP contribution in [0.1, 0.15) is 56.9 Å². The Morgan fingerprint density at radius 2 is 1.65 bits per heavy atom. The molecule has 17 heavy (non-hydrogen) atoms. The normalized spacial score (nSPS) is 12.6. The van der Waals surface area contributed by atoms with E-state index in [4.69, 9.17) is 0 Å². The van der Waals surface area contributed by atoms with Crippen LogP contribution in [0.25, 0.3) is 0 Å². The molecule has 0 radical (unpaired) electrons. The Morgan fingerprint density at radius 3 is 2.24 bits per heavy atom. The van der Waals surface area contributed by atoms with Gasteiger partial charge in [0.2, 0.25) is 0 Å². The molecule has 0 nitrogen and oxygen atoms in total. The van der Waals surface area contributed by atoms with Crippen molar-refractivity contribution in [3.63, 3.8) is 0 Å². The summed E-state index contributed by atoms with van der Waals surface area (Å²) in [5.41, 5.74) is 1.46. The van der Waals surface area contributed by atoms with Gasteiger partial charge < -0.3 is 0 Å². The van der Waals surface area contributed by atoms with Crippen LogP contribution in [0.2, 0.25) is 0 Å². The predicted molar refractivity (Wildman–Crippen MR) is 84.1 cm³/mol. The summed E-state index contributed by atoms with van der Waals surface area (Å²) in [6.45, 7) is 2.27. The molecular weight excluding hydrogens is 340 g/mol. The van der Waals surface area contributed by atoms with Gasteiger partial charge in [-0.2, -0.15) is 0 Å². The van der Waals surface area contributed by atoms with E-state index in [0.717, 1.165) is 9.80 Å². The lowest BCUT2D eigenvalue weighted by molar-refractivity contribution is 0.571. The van der Waals surface area contributed by atoms with Gasteiger partial charge in [-0.25, -0.2) is 0 Å². The van der Waals surface area contributed by atoms with Crippen LogP contribution < -0.4 is 0 Å². The molecule has 0 bridgehead atoms. The molecule has 0 fully saturated rings. The Labute approximate surface area is 122 Å². The largest absolute Gasteiger partial charge is 0.0921 e. The molecule has 1 aromatic carbocycles. The Kier molecular flexibility index (Phi) is 8.21.